The highest BCUT2D eigenvalue weighted by molar-refractivity contribution is 4.94. The molecule has 0 bridgehead atoms. The molecule has 0 aliphatic rings. The Balaban J connectivity index is 4.42. The first-order chi connectivity index (χ1) is 11.1. The summed E-state index contributed by atoms with van der Waals surface area (Å²) in [6.07, 6.45) is 18.2. The normalized spacial score (nSPS) is 13.9. The lowest BCUT2D eigenvalue weighted by molar-refractivity contribution is 0.260. The van der Waals surface area contributed by atoms with Gasteiger partial charge in [0, 0.05) is 13.6 Å². The summed E-state index contributed by atoms with van der Waals surface area (Å²) in [7, 11) is 2.15. The van der Waals surface area contributed by atoms with Gasteiger partial charge in [0.05, 0.1) is 0 Å². The van der Waals surface area contributed by atoms with E-state index in [1.54, 1.807) is 0 Å². The molecule has 0 saturated heterocycles. The number of allylic oxidation sites excluding steroid dienone is 4. The van der Waals surface area contributed by atoms with Crippen molar-refractivity contribution in [2.24, 2.45) is 17.1 Å². The van der Waals surface area contributed by atoms with E-state index >= 15 is 0 Å². The van der Waals surface area contributed by atoms with Crippen LogP contribution in [-0.4, -0.2) is 25.0 Å². The van der Waals surface area contributed by atoms with E-state index in [2.05, 4.69) is 50.9 Å². The summed E-state index contributed by atoms with van der Waals surface area (Å²) in [5, 5.41) is 0. The van der Waals surface area contributed by atoms with E-state index in [1.807, 2.05) is 18.2 Å². The van der Waals surface area contributed by atoms with Gasteiger partial charge < -0.3 is 10.6 Å². The standard InChI is InChI=1S/C21H38N2/c1-6-11-20(12-7-2)13-19-23(5)18-10-15-21(9-4,14-8-3)16-17-22/h6-8,10,18,20H,1-3,9,11-17,19,22H2,4-5H3/b18-10+. The molecule has 0 fully saturated rings. The van der Waals surface area contributed by atoms with Crippen molar-refractivity contribution in [1.82, 2.24) is 4.90 Å². The van der Waals surface area contributed by atoms with Gasteiger partial charge in [0.15, 0.2) is 0 Å². The highest BCUT2D eigenvalue weighted by Crippen LogP contribution is 2.35. The molecule has 2 heteroatoms. The first-order valence-corrected chi connectivity index (χ1v) is 8.97. The molecule has 0 aromatic carbocycles. The molecule has 23 heavy (non-hydrogen) atoms. The van der Waals surface area contributed by atoms with Gasteiger partial charge in [0.2, 0.25) is 0 Å². The quantitative estimate of drug-likeness (QED) is 0.415. The summed E-state index contributed by atoms with van der Waals surface area (Å²) in [5.74, 6) is 0.661. The Morgan fingerprint density at radius 1 is 1.09 bits per heavy atom. The second-order valence-electron chi connectivity index (χ2n) is 6.66. The van der Waals surface area contributed by atoms with Gasteiger partial charge >= 0.3 is 0 Å². The maximum Gasteiger partial charge on any atom is 0.0172 e. The first-order valence-electron chi connectivity index (χ1n) is 8.97. The molecule has 1 unspecified atom stereocenters. The Kier molecular flexibility index (Phi) is 12.5. The largest absolute Gasteiger partial charge is 0.381 e. The highest BCUT2D eigenvalue weighted by Gasteiger charge is 2.24. The summed E-state index contributed by atoms with van der Waals surface area (Å²) >= 11 is 0. The van der Waals surface area contributed by atoms with Gasteiger partial charge in [-0.15, -0.1) is 19.7 Å². The van der Waals surface area contributed by atoms with E-state index in [0.717, 1.165) is 51.6 Å². The van der Waals surface area contributed by atoms with Gasteiger partial charge in [-0.2, -0.15) is 0 Å². The van der Waals surface area contributed by atoms with Gasteiger partial charge in [-0.3, -0.25) is 0 Å². The van der Waals surface area contributed by atoms with Crippen LogP contribution in [0.25, 0.3) is 0 Å². The summed E-state index contributed by atoms with van der Waals surface area (Å²) in [4.78, 5) is 2.29. The predicted molar refractivity (Wildman–Crippen MR) is 105 cm³/mol. The van der Waals surface area contributed by atoms with Crippen LogP contribution in [0.3, 0.4) is 0 Å². The minimum atomic E-state index is 0.280. The molecule has 0 spiro atoms. The van der Waals surface area contributed by atoms with Gasteiger partial charge in [0.25, 0.3) is 0 Å². The van der Waals surface area contributed by atoms with E-state index in [1.165, 1.54) is 6.42 Å². The van der Waals surface area contributed by atoms with E-state index in [9.17, 15) is 0 Å². The molecule has 0 amide bonds. The third-order valence-electron chi connectivity index (χ3n) is 4.80. The molecule has 0 aliphatic heterocycles. The summed E-state index contributed by atoms with van der Waals surface area (Å²) in [6.45, 7) is 15.7. The van der Waals surface area contributed by atoms with E-state index in [0.29, 0.717) is 5.92 Å². The van der Waals surface area contributed by atoms with E-state index < -0.39 is 0 Å². The molecule has 2 N–H and O–H groups in total. The Bertz CT molecular complexity index is 349. The lowest BCUT2D eigenvalue weighted by atomic mass is 9.76. The van der Waals surface area contributed by atoms with Crippen molar-refractivity contribution in [1.29, 1.82) is 0 Å². The van der Waals surface area contributed by atoms with Crippen molar-refractivity contribution in [2.45, 2.75) is 51.9 Å². The van der Waals surface area contributed by atoms with E-state index in [-0.39, 0.29) is 5.41 Å². The predicted octanol–water partition coefficient (Wildman–Crippen LogP) is 5.30. The molecule has 0 rings (SSSR count). The average Bonchev–Trinajstić information content (AvgIpc) is 2.53. The molecule has 0 aromatic heterocycles. The number of nitrogens with two attached hydrogens (primary N) is 1. The van der Waals surface area contributed by atoms with Crippen LogP contribution in [-0.2, 0) is 0 Å². The topological polar surface area (TPSA) is 29.3 Å². The van der Waals surface area contributed by atoms with Crippen LogP contribution in [0.5, 0.6) is 0 Å². The zero-order valence-corrected chi connectivity index (χ0v) is 15.5. The van der Waals surface area contributed by atoms with Crippen LogP contribution in [0.1, 0.15) is 51.9 Å². The lowest BCUT2D eigenvalue weighted by Crippen LogP contribution is -2.23. The van der Waals surface area contributed by atoms with Crippen molar-refractivity contribution in [3.8, 4) is 0 Å². The SMILES string of the molecule is C=CCC(CC=C)CCN(C)/C=C/CC(CC)(CC=C)CCN. The highest BCUT2D eigenvalue weighted by atomic mass is 15.1. The van der Waals surface area contributed by atoms with Crippen LogP contribution in [0.15, 0.2) is 50.2 Å². The minimum absolute atomic E-state index is 0.280. The van der Waals surface area contributed by atoms with E-state index in [4.69, 9.17) is 5.73 Å². The van der Waals surface area contributed by atoms with Gasteiger partial charge in [-0.25, -0.2) is 0 Å². The minimum Gasteiger partial charge on any atom is -0.381 e. The van der Waals surface area contributed by atoms with Gasteiger partial charge in [-0.05, 0) is 69.0 Å². The van der Waals surface area contributed by atoms with Gasteiger partial charge in [0.1, 0.15) is 0 Å². The molecule has 0 aromatic rings. The molecule has 0 heterocycles. The number of rotatable bonds is 15. The maximum absolute atomic E-state index is 5.80. The Labute approximate surface area is 144 Å². The summed E-state index contributed by atoms with van der Waals surface area (Å²) in [5.41, 5.74) is 6.08. The number of hydrogen-bond donors (Lipinski definition) is 1. The van der Waals surface area contributed by atoms with Crippen LogP contribution < -0.4 is 5.73 Å². The van der Waals surface area contributed by atoms with Crippen molar-refractivity contribution in [3.63, 3.8) is 0 Å². The molecule has 2 nitrogen and oxygen atoms in total. The Hall–Kier alpha value is -1.28. The zero-order valence-electron chi connectivity index (χ0n) is 15.5. The molecule has 0 aliphatic carbocycles. The smallest absolute Gasteiger partial charge is 0.0172 e. The van der Waals surface area contributed by atoms with Crippen molar-refractivity contribution < 1.29 is 0 Å². The Morgan fingerprint density at radius 3 is 2.22 bits per heavy atom. The number of hydrogen-bond acceptors (Lipinski definition) is 2. The van der Waals surface area contributed by atoms with Gasteiger partial charge in [-0.1, -0.05) is 31.2 Å². The van der Waals surface area contributed by atoms with Crippen LogP contribution in [0.4, 0.5) is 0 Å². The molecule has 1 atom stereocenters. The number of nitrogens with zero attached hydrogens (tertiary/aromatic N) is 1. The molecular formula is C21H38N2. The monoisotopic (exact) mass is 318 g/mol. The fourth-order valence-electron chi connectivity index (χ4n) is 3.11. The summed E-state index contributed by atoms with van der Waals surface area (Å²) < 4.78 is 0. The van der Waals surface area contributed by atoms with Crippen molar-refractivity contribution in [3.05, 3.63) is 50.2 Å². The third-order valence-corrected chi connectivity index (χ3v) is 4.80. The second-order valence-corrected chi connectivity index (χ2v) is 6.66. The zero-order chi connectivity index (χ0) is 17.6. The van der Waals surface area contributed by atoms with Crippen molar-refractivity contribution >= 4 is 0 Å². The molecule has 132 valence electrons. The molecular weight excluding hydrogens is 280 g/mol. The van der Waals surface area contributed by atoms with Crippen LogP contribution >= 0.6 is 0 Å². The molecule has 0 radical (unpaired) electrons. The van der Waals surface area contributed by atoms with Crippen molar-refractivity contribution in [2.75, 3.05) is 20.1 Å². The lowest BCUT2D eigenvalue weighted by Gasteiger charge is -2.30. The average molecular weight is 319 g/mol. The third kappa shape index (κ3) is 9.45. The second kappa shape index (κ2) is 13.2. The summed E-state index contributed by atoms with van der Waals surface area (Å²) in [6, 6.07) is 0. The maximum atomic E-state index is 5.80. The van der Waals surface area contributed by atoms with Crippen LogP contribution in [0, 0.1) is 11.3 Å². The first kappa shape index (κ1) is 21.7. The fraction of sp³-hybridized carbons (Fsp3) is 0.619. The van der Waals surface area contributed by atoms with Crippen LogP contribution in [0.2, 0.25) is 0 Å². The Morgan fingerprint density at radius 2 is 1.74 bits per heavy atom. The molecule has 0 saturated carbocycles. The fourth-order valence-corrected chi connectivity index (χ4v) is 3.11.